The Morgan fingerprint density at radius 1 is 0.950 bits per heavy atom. The highest BCUT2D eigenvalue weighted by atomic mass is 35.5. The normalized spacial score (nSPS) is 17.2. The molecule has 1 aromatic carbocycles. The van der Waals surface area contributed by atoms with Gasteiger partial charge in [0.15, 0.2) is 0 Å². The summed E-state index contributed by atoms with van der Waals surface area (Å²) in [4.78, 5) is 1.55. The molecule has 0 aliphatic carbocycles. The maximum absolute atomic E-state index is 13.1. The van der Waals surface area contributed by atoms with Gasteiger partial charge in [-0.3, -0.25) is 4.90 Å². The first-order valence-corrected chi connectivity index (χ1v) is 5.77. The zero-order valence-electron chi connectivity index (χ0n) is 10.5. The van der Waals surface area contributed by atoms with Gasteiger partial charge >= 0.3 is 0 Å². The lowest BCUT2D eigenvalue weighted by Gasteiger charge is -2.34. The van der Waals surface area contributed by atoms with E-state index in [4.69, 9.17) is 0 Å². The summed E-state index contributed by atoms with van der Waals surface area (Å²) >= 11 is 0. The van der Waals surface area contributed by atoms with Crippen LogP contribution in [0.3, 0.4) is 0 Å². The molecule has 0 aromatic heterocycles. The third-order valence-corrected chi connectivity index (χ3v) is 3.01. The second-order valence-corrected chi connectivity index (χ2v) is 4.27. The van der Waals surface area contributed by atoms with Crippen LogP contribution in [-0.2, 0) is 0 Å². The Morgan fingerprint density at radius 2 is 1.45 bits per heavy atom. The van der Waals surface area contributed by atoms with Crippen LogP contribution < -0.4 is 5.32 Å². The number of halogens is 6. The largest absolute Gasteiger partial charge is 0.314 e. The van der Waals surface area contributed by atoms with Crippen LogP contribution in [0.5, 0.6) is 0 Å². The van der Waals surface area contributed by atoms with Gasteiger partial charge in [-0.1, -0.05) is 0 Å². The lowest BCUT2D eigenvalue weighted by atomic mass is 10.0. The van der Waals surface area contributed by atoms with E-state index >= 15 is 0 Å². The molecule has 1 N–H and O–H groups in total. The van der Waals surface area contributed by atoms with E-state index in [-0.39, 0.29) is 30.4 Å². The molecule has 1 heterocycles. The topological polar surface area (TPSA) is 15.3 Å². The van der Waals surface area contributed by atoms with Crippen LogP contribution in [0.15, 0.2) is 18.2 Å². The van der Waals surface area contributed by atoms with Crippen molar-refractivity contribution in [1.82, 2.24) is 10.2 Å². The standard InChI is InChI=1S/C12H14F4N2.2ClH/c13-9-5-8(6-10(14)7-9)11(12(15)16)18-3-1-17-2-4-18;;/h5-7,11-12,17H,1-4H2;2*1H/t11-;;/m0../s1. The average molecular weight is 335 g/mol. The Balaban J connectivity index is 0.00000180. The summed E-state index contributed by atoms with van der Waals surface area (Å²) < 4.78 is 52.5. The Kier molecular flexibility index (Phi) is 8.42. The first-order valence-electron chi connectivity index (χ1n) is 5.77. The first-order chi connectivity index (χ1) is 8.58. The van der Waals surface area contributed by atoms with Crippen LogP contribution in [0.2, 0.25) is 0 Å². The van der Waals surface area contributed by atoms with E-state index in [2.05, 4.69) is 5.32 Å². The van der Waals surface area contributed by atoms with Crippen LogP contribution in [0.1, 0.15) is 11.6 Å². The minimum absolute atomic E-state index is 0. The van der Waals surface area contributed by atoms with E-state index in [1.54, 1.807) is 4.90 Å². The van der Waals surface area contributed by atoms with Crippen molar-refractivity contribution in [3.8, 4) is 0 Å². The van der Waals surface area contributed by atoms with Crippen LogP contribution in [0, 0.1) is 11.6 Å². The minimum Gasteiger partial charge on any atom is -0.314 e. The molecule has 0 unspecified atom stereocenters. The van der Waals surface area contributed by atoms with Gasteiger partial charge in [0.1, 0.15) is 11.6 Å². The highest BCUT2D eigenvalue weighted by Crippen LogP contribution is 2.28. The number of rotatable bonds is 3. The highest BCUT2D eigenvalue weighted by molar-refractivity contribution is 5.85. The number of nitrogens with zero attached hydrogens (tertiary/aromatic N) is 1. The molecule has 1 aromatic rings. The molecule has 2 rings (SSSR count). The summed E-state index contributed by atoms with van der Waals surface area (Å²) in [5.74, 6) is -1.66. The molecule has 1 fully saturated rings. The molecule has 0 bridgehead atoms. The van der Waals surface area contributed by atoms with Crippen molar-refractivity contribution in [2.75, 3.05) is 26.2 Å². The molecule has 0 radical (unpaired) electrons. The summed E-state index contributed by atoms with van der Waals surface area (Å²) in [5.41, 5.74) is -0.00981. The van der Waals surface area contributed by atoms with Crippen molar-refractivity contribution in [2.45, 2.75) is 12.5 Å². The molecule has 1 atom stereocenters. The number of nitrogens with one attached hydrogen (secondary N) is 1. The molecule has 1 aliphatic rings. The van der Waals surface area contributed by atoms with Crippen molar-refractivity contribution >= 4 is 24.8 Å². The van der Waals surface area contributed by atoms with E-state index in [0.29, 0.717) is 32.2 Å². The monoisotopic (exact) mass is 334 g/mol. The molecular formula is C12H16Cl2F4N2. The molecule has 0 spiro atoms. The van der Waals surface area contributed by atoms with E-state index in [1.807, 2.05) is 0 Å². The highest BCUT2D eigenvalue weighted by Gasteiger charge is 2.30. The second-order valence-electron chi connectivity index (χ2n) is 4.27. The van der Waals surface area contributed by atoms with Crippen molar-refractivity contribution in [3.63, 3.8) is 0 Å². The van der Waals surface area contributed by atoms with Crippen molar-refractivity contribution < 1.29 is 17.6 Å². The molecule has 8 heteroatoms. The summed E-state index contributed by atoms with van der Waals surface area (Å²) in [6.07, 6.45) is -2.68. The molecule has 2 nitrogen and oxygen atoms in total. The number of piperazine rings is 1. The third-order valence-electron chi connectivity index (χ3n) is 3.01. The van der Waals surface area contributed by atoms with Crippen LogP contribution in [0.25, 0.3) is 0 Å². The van der Waals surface area contributed by atoms with Gasteiger partial charge in [-0.15, -0.1) is 24.8 Å². The smallest absolute Gasteiger partial charge is 0.258 e. The van der Waals surface area contributed by atoms with E-state index in [0.717, 1.165) is 12.1 Å². The summed E-state index contributed by atoms with van der Waals surface area (Å²) in [6.45, 7) is 2.07. The van der Waals surface area contributed by atoms with Gasteiger partial charge in [-0.25, -0.2) is 17.6 Å². The van der Waals surface area contributed by atoms with E-state index in [1.165, 1.54) is 0 Å². The van der Waals surface area contributed by atoms with Crippen molar-refractivity contribution in [3.05, 3.63) is 35.4 Å². The Morgan fingerprint density at radius 3 is 1.90 bits per heavy atom. The number of alkyl halides is 2. The van der Waals surface area contributed by atoms with E-state index in [9.17, 15) is 17.6 Å². The van der Waals surface area contributed by atoms with Gasteiger partial charge in [0.05, 0.1) is 6.04 Å². The molecule has 0 amide bonds. The summed E-state index contributed by atoms with van der Waals surface area (Å²) in [6, 6.07) is 1.38. The predicted octanol–water partition coefficient (Wildman–Crippen LogP) is 3.02. The maximum Gasteiger partial charge on any atom is 0.258 e. The fourth-order valence-electron chi connectivity index (χ4n) is 2.22. The Labute approximate surface area is 127 Å². The molecular weight excluding hydrogens is 319 g/mol. The first kappa shape index (κ1) is 19.4. The zero-order valence-corrected chi connectivity index (χ0v) is 12.1. The van der Waals surface area contributed by atoms with Gasteiger partial charge < -0.3 is 5.32 Å². The number of hydrogen-bond acceptors (Lipinski definition) is 2. The lowest BCUT2D eigenvalue weighted by molar-refractivity contribution is 0.0179. The molecule has 1 saturated heterocycles. The molecule has 1 aliphatic heterocycles. The second kappa shape index (κ2) is 8.67. The third kappa shape index (κ3) is 4.77. The lowest BCUT2D eigenvalue weighted by Crippen LogP contribution is -2.46. The SMILES string of the molecule is Cl.Cl.Fc1cc(F)cc([C@@H](C(F)F)N2CCNCC2)c1. The number of hydrogen-bond donors (Lipinski definition) is 1. The molecule has 116 valence electrons. The fourth-order valence-corrected chi connectivity index (χ4v) is 2.22. The average Bonchev–Trinajstić information content (AvgIpc) is 2.28. The summed E-state index contributed by atoms with van der Waals surface area (Å²) in [7, 11) is 0. The maximum atomic E-state index is 13.1. The van der Waals surface area contributed by atoms with E-state index < -0.39 is 24.1 Å². The van der Waals surface area contributed by atoms with Crippen LogP contribution in [0.4, 0.5) is 17.6 Å². The minimum atomic E-state index is -2.68. The van der Waals surface area contributed by atoms with Gasteiger partial charge in [0, 0.05) is 32.2 Å². The molecule has 20 heavy (non-hydrogen) atoms. The van der Waals surface area contributed by atoms with Gasteiger partial charge in [0.25, 0.3) is 6.43 Å². The molecule has 0 saturated carbocycles. The quantitative estimate of drug-likeness (QED) is 0.855. The Hall–Kier alpha value is -0.560. The van der Waals surface area contributed by atoms with Gasteiger partial charge in [0.2, 0.25) is 0 Å². The Bertz CT molecular complexity index is 394. The van der Waals surface area contributed by atoms with Gasteiger partial charge in [-0.2, -0.15) is 0 Å². The summed E-state index contributed by atoms with van der Waals surface area (Å²) in [5, 5.41) is 3.05. The van der Waals surface area contributed by atoms with Crippen molar-refractivity contribution in [2.24, 2.45) is 0 Å². The van der Waals surface area contributed by atoms with Crippen molar-refractivity contribution in [1.29, 1.82) is 0 Å². The zero-order chi connectivity index (χ0) is 13.1. The van der Waals surface area contributed by atoms with Crippen LogP contribution >= 0.6 is 24.8 Å². The fraction of sp³-hybridized carbons (Fsp3) is 0.500. The number of benzene rings is 1. The van der Waals surface area contributed by atoms with Crippen LogP contribution in [-0.4, -0.2) is 37.5 Å². The van der Waals surface area contributed by atoms with Gasteiger partial charge in [-0.05, 0) is 17.7 Å². The predicted molar refractivity (Wildman–Crippen MR) is 74.0 cm³/mol.